The number of unbranched alkanes of at least 4 members (excludes halogenated alkanes) is 32. The Morgan fingerprint density at radius 3 is 0.917 bits per heavy atom. The lowest BCUT2D eigenvalue weighted by molar-refractivity contribution is -0.161. The van der Waals surface area contributed by atoms with Crippen molar-refractivity contribution in [1.82, 2.24) is 0 Å². The first-order chi connectivity index (χ1) is 23.6. The zero-order valence-electron chi connectivity index (χ0n) is 32.5. The van der Waals surface area contributed by atoms with Crippen LogP contribution in [-0.2, 0) is 19.1 Å². The molecular formula is C43H84O5. The highest BCUT2D eigenvalue weighted by Gasteiger charge is 2.16. The minimum atomic E-state index is -0.761. The Hall–Kier alpha value is -1.10. The summed E-state index contributed by atoms with van der Waals surface area (Å²) in [6, 6.07) is 0. The number of hydrogen-bond acceptors (Lipinski definition) is 5. The molecule has 0 radical (unpaired) electrons. The van der Waals surface area contributed by atoms with Crippen LogP contribution in [0.2, 0.25) is 0 Å². The van der Waals surface area contributed by atoms with Gasteiger partial charge in [0.1, 0.15) is 6.61 Å². The summed E-state index contributed by atoms with van der Waals surface area (Å²) in [5.41, 5.74) is 0. The SMILES string of the molecule is CCCCCCCCCCCCCCCCCCCCCCCCC(=O)OC(CO)COC(=O)CCCCCCCCCCCCCC. The highest BCUT2D eigenvalue weighted by atomic mass is 16.6. The van der Waals surface area contributed by atoms with Crippen molar-refractivity contribution in [3.8, 4) is 0 Å². The molecule has 5 nitrogen and oxygen atoms in total. The molecule has 48 heavy (non-hydrogen) atoms. The first-order valence-corrected chi connectivity index (χ1v) is 21.6. The molecule has 0 amide bonds. The van der Waals surface area contributed by atoms with Crippen molar-refractivity contribution >= 4 is 11.9 Å². The number of carbonyl (C=O) groups excluding carboxylic acids is 2. The Balaban J connectivity index is 3.44. The Morgan fingerprint density at radius 2 is 0.646 bits per heavy atom. The molecule has 0 rings (SSSR count). The number of aliphatic hydroxyl groups is 1. The van der Waals surface area contributed by atoms with Crippen LogP contribution in [0.15, 0.2) is 0 Å². The van der Waals surface area contributed by atoms with E-state index in [0.717, 1.165) is 32.1 Å². The maximum atomic E-state index is 12.2. The summed E-state index contributed by atoms with van der Waals surface area (Å²) in [5, 5.41) is 9.56. The minimum absolute atomic E-state index is 0.0569. The van der Waals surface area contributed by atoms with Gasteiger partial charge in [0.25, 0.3) is 0 Å². The van der Waals surface area contributed by atoms with Gasteiger partial charge in [-0.3, -0.25) is 9.59 Å². The molecule has 0 aliphatic heterocycles. The van der Waals surface area contributed by atoms with Gasteiger partial charge in [-0.05, 0) is 12.8 Å². The molecule has 0 bridgehead atoms. The van der Waals surface area contributed by atoms with Crippen LogP contribution < -0.4 is 0 Å². The molecule has 0 saturated carbocycles. The lowest BCUT2D eigenvalue weighted by Gasteiger charge is -2.15. The quantitative estimate of drug-likeness (QED) is 0.0515. The van der Waals surface area contributed by atoms with Crippen LogP contribution in [0.25, 0.3) is 0 Å². The zero-order chi connectivity index (χ0) is 35.0. The van der Waals surface area contributed by atoms with Crippen LogP contribution in [0.1, 0.15) is 245 Å². The van der Waals surface area contributed by atoms with Gasteiger partial charge in [-0.15, -0.1) is 0 Å². The number of ether oxygens (including phenoxy) is 2. The van der Waals surface area contributed by atoms with Gasteiger partial charge in [-0.1, -0.05) is 219 Å². The molecule has 286 valence electrons. The molecule has 0 aliphatic rings. The predicted molar refractivity (Wildman–Crippen MR) is 205 cm³/mol. The van der Waals surface area contributed by atoms with Crippen molar-refractivity contribution in [3.63, 3.8) is 0 Å². The average molecular weight is 681 g/mol. The van der Waals surface area contributed by atoms with Crippen LogP contribution >= 0.6 is 0 Å². The van der Waals surface area contributed by atoms with Gasteiger partial charge in [0.15, 0.2) is 6.10 Å². The van der Waals surface area contributed by atoms with Crippen molar-refractivity contribution in [2.24, 2.45) is 0 Å². The van der Waals surface area contributed by atoms with E-state index >= 15 is 0 Å². The van der Waals surface area contributed by atoms with E-state index in [1.807, 2.05) is 0 Å². The fourth-order valence-electron chi connectivity index (χ4n) is 6.62. The maximum Gasteiger partial charge on any atom is 0.306 e. The molecule has 5 heteroatoms. The fraction of sp³-hybridized carbons (Fsp3) is 0.953. The zero-order valence-corrected chi connectivity index (χ0v) is 32.5. The van der Waals surface area contributed by atoms with E-state index < -0.39 is 6.10 Å². The Kier molecular flexibility index (Phi) is 39.4. The van der Waals surface area contributed by atoms with E-state index in [0.29, 0.717) is 12.8 Å². The van der Waals surface area contributed by atoms with Gasteiger partial charge < -0.3 is 14.6 Å². The van der Waals surface area contributed by atoms with Gasteiger partial charge >= 0.3 is 11.9 Å². The van der Waals surface area contributed by atoms with E-state index in [4.69, 9.17) is 9.47 Å². The summed E-state index contributed by atoms with van der Waals surface area (Å²) < 4.78 is 10.6. The summed E-state index contributed by atoms with van der Waals surface area (Å²) in [7, 11) is 0. The Bertz CT molecular complexity index is 651. The number of aliphatic hydroxyl groups excluding tert-OH is 1. The summed E-state index contributed by atoms with van der Waals surface area (Å²) in [5.74, 6) is -0.574. The topological polar surface area (TPSA) is 72.8 Å². The molecule has 0 aliphatic carbocycles. The molecule has 0 aromatic heterocycles. The predicted octanol–water partition coefficient (Wildman–Crippen LogP) is 13.5. The van der Waals surface area contributed by atoms with E-state index in [1.165, 1.54) is 186 Å². The summed E-state index contributed by atoms with van der Waals surface area (Å²) in [6.07, 6.45) is 44.6. The maximum absolute atomic E-state index is 12.2. The van der Waals surface area contributed by atoms with Gasteiger partial charge in [0.05, 0.1) is 6.61 Å². The van der Waals surface area contributed by atoms with E-state index in [2.05, 4.69) is 13.8 Å². The number of rotatable bonds is 40. The average Bonchev–Trinajstić information content (AvgIpc) is 3.09. The summed E-state index contributed by atoms with van der Waals surface area (Å²) in [6.45, 7) is 4.17. The Labute approximate surface area is 299 Å². The lowest BCUT2D eigenvalue weighted by atomic mass is 10.0. The van der Waals surface area contributed by atoms with Crippen LogP contribution in [0.4, 0.5) is 0 Å². The molecule has 1 unspecified atom stereocenters. The smallest absolute Gasteiger partial charge is 0.306 e. The van der Waals surface area contributed by atoms with E-state index in [-0.39, 0.29) is 25.2 Å². The third-order valence-corrected chi connectivity index (χ3v) is 9.90. The lowest BCUT2D eigenvalue weighted by Crippen LogP contribution is -2.28. The number of carbonyl (C=O) groups is 2. The van der Waals surface area contributed by atoms with Crippen molar-refractivity contribution in [3.05, 3.63) is 0 Å². The molecule has 0 aromatic carbocycles. The largest absolute Gasteiger partial charge is 0.462 e. The molecule has 0 saturated heterocycles. The molecule has 0 fully saturated rings. The second kappa shape index (κ2) is 40.3. The van der Waals surface area contributed by atoms with Gasteiger partial charge in [0.2, 0.25) is 0 Å². The molecular weight excluding hydrogens is 596 g/mol. The van der Waals surface area contributed by atoms with Crippen LogP contribution in [-0.4, -0.2) is 36.4 Å². The van der Waals surface area contributed by atoms with Gasteiger partial charge in [-0.25, -0.2) is 0 Å². The van der Waals surface area contributed by atoms with Crippen LogP contribution in [0.3, 0.4) is 0 Å². The first-order valence-electron chi connectivity index (χ1n) is 21.6. The molecule has 1 N–H and O–H groups in total. The van der Waals surface area contributed by atoms with Crippen molar-refractivity contribution < 1.29 is 24.2 Å². The van der Waals surface area contributed by atoms with Crippen molar-refractivity contribution in [1.29, 1.82) is 0 Å². The second-order valence-corrected chi connectivity index (χ2v) is 14.8. The first kappa shape index (κ1) is 46.9. The summed E-state index contributed by atoms with van der Waals surface area (Å²) in [4.78, 5) is 24.3. The third-order valence-electron chi connectivity index (χ3n) is 9.90. The molecule has 0 heterocycles. The number of hydrogen-bond donors (Lipinski definition) is 1. The normalized spacial score (nSPS) is 12.0. The Morgan fingerprint density at radius 1 is 0.396 bits per heavy atom. The van der Waals surface area contributed by atoms with E-state index in [1.54, 1.807) is 0 Å². The molecule has 0 aromatic rings. The highest BCUT2D eigenvalue weighted by molar-refractivity contribution is 5.70. The minimum Gasteiger partial charge on any atom is -0.462 e. The van der Waals surface area contributed by atoms with Crippen molar-refractivity contribution in [2.75, 3.05) is 13.2 Å². The van der Waals surface area contributed by atoms with Gasteiger partial charge in [-0.2, -0.15) is 0 Å². The molecule has 1 atom stereocenters. The highest BCUT2D eigenvalue weighted by Crippen LogP contribution is 2.16. The van der Waals surface area contributed by atoms with Gasteiger partial charge in [0, 0.05) is 12.8 Å². The van der Waals surface area contributed by atoms with E-state index in [9.17, 15) is 14.7 Å². The van der Waals surface area contributed by atoms with Crippen molar-refractivity contribution in [2.45, 2.75) is 251 Å². The standard InChI is InChI=1S/C43H84O5/c1-3-5-7-9-11-13-15-17-18-19-20-21-22-23-24-25-26-28-30-32-34-36-38-43(46)48-41(39-44)40-47-42(45)37-35-33-31-29-27-16-14-12-10-8-6-4-2/h41,44H,3-40H2,1-2H3. The van der Waals surface area contributed by atoms with Crippen LogP contribution in [0, 0.1) is 0 Å². The second-order valence-electron chi connectivity index (χ2n) is 14.8. The number of esters is 2. The molecule has 0 spiro atoms. The third kappa shape index (κ3) is 37.7. The van der Waals surface area contributed by atoms with Crippen LogP contribution in [0.5, 0.6) is 0 Å². The monoisotopic (exact) mass is 681 g/mol. The summed E-state index contributed by atoms with van der Waals surface area (Å²) >= 11 is 0. The fourth-order valence-corrected chi connectivity index (χ4v) is 6.62.